The molecular formula is C18H22N2O. The molecule has 3 rings (SSSR count). The van der Waals surface area contributed by atoms with Crippen LogP contribution < -0.4 is 15.4 Å². The first-order chi connectivity index (χ1) is 10.2. The molecule has 0 aromatic heterocycles. The van der Waals surface area contributed by atoms with Crippen LogP contribution in [0.5, 0.6) is 5.75 Å². The van der Waals surface area contributed by atoms with Crippen molar-refractivity contribution < 1.29 is 4.74 Å². The van der Waals surface area contributed by atoms with Crippen LogP contribution in [-0.2, 0) is 6.54 Å². The Hall–Kier alpha value is -2.16. The summed E-state index contributed by atoms with van der Waals surface area (Å²) in [6, 6.07) is 14.6. The Labute approximate surface area is 126 Å². The van der Waals surface area contributed by atoms with Gasteiger partial charge in [-0.25, -0.2) is 0 Å². The Morgan fingerprint density at radius 1 is 1.19 bits per heavy atom. The topological polar surface area (TPSA) is 38.5 Å². The van der Waals surface area contributed by atoms with Crippen LogP contribution in [0, 0.1) is 6.92 Å². The molecule has 0 spiro atoms. The molecular weight excluding hydrogens is 260 g/mol. The van der Waals surface area contributed by atoms with Gasteiger partial charge in [-0.05, 0) is 37.1 Å². The molecule has 0 aliphatic carbocycles. The van der Waals surface area contributed by atoms with E-state index in [1.807, 2.05) is 18.2 Å². The van der Waals surface area contributed by atoms with Crippen LogP contribution in [0.4, 0.5) is 11.4 Å². The zero-order valence-corrected chi connectivity index (χ0v) is 12.7. The highest BCUT2D eigenvalue weighted by atomic mass is 16.5. The summed E-state index contributed by atoms with van der Waals surface area (Å²) in [6.07, 6.45) is 1.25. The third-order valence-corrected chi connectivity index (χ3v) is 3.99. The monoisotopic (exact) mass is 282 g/mol. The zero-order valence-electron chi connectivity index (χ0n) is 12.7. The summed E-state index contributed by atoms with van der Waals surface area (Å²) in [7, 11) is 0. The van der Waals surface area contributed by atoms with Gasteiger partial charge in [0.15, 0.2) is 0 Å². The van der Waals surface area contributed by atoms with Crippen LogP contribution in [0.3, 0.4) is 0 Å². The fourth-order valence-electron chi connectivity index (χ4n) is 2.72. The Balaban J connectivity index is 1.90. The van der Waals surface area contributed by atoms with Crippen molar-refractivity contribution >= 4 is 11.4 Å². The first-order valence-corrected chi connectivity index (χ1v) is 7.52. The van der Waals surface area contributed by atoms with Crippen molar-refractivity contribution in [1.82, 2.24) is 0 Å². The summed E-state index contributed by atoms with van der Waals surface area (Å²) in [5.41, 5.74) is 10.4. The van der Waals surface area contributed by atoms with Crippen molar-refractivity contribution in [3.05, 3.63) is 53.6 Å². The lowest BCUT2D eigenvalue weighted by Crippen LogP contribution is -2.39. The van der Waals surface area contributed by atoms with E-state index >= 15 is 0 Å². The molecule has 21 heavy (non-hydrogen) atoms. The molecule has 1 heterocycles. The summed E-state index contributed by atoms with van der Waals surface area (Å²) in [5, 5.41) is 0. The smallest absolute Gasteiger partial charge is 0.143 e. The third kappa shape index (κ3) is 2.97. The van der Waals surface area contributed by atoms with Crippen molar-refractivity contribution in [3.8, 4) is 5.75 Å². The first kappa shape index (κ1) is 13.8. The minimum atomic E-state index is 0.242. The van der Waals surface area contributed by atoms with Gasteiger partial charge in [0.25, 0.3) is 0 Å². The summed E-state index contributed by atoms with van der Waals surface area (Å²) < 4.78 is 6.03. The van der Waals surface area contributed by atoms with Gasteiger partial charge in [0.05, 0.1) is 12.2 Å². The van der Waals surface area contributed by atoms with E-state index in [9.17, 15) is 0 Å². The molecule has 3 nitrogen and oxygen atoms in total. The molecule has 110 valence electrons. The van der Waals surface area contributed by atoms with E-state index in [0.717, 1.165) is 36.6 Å². The molecule has 1 aliphatic rings. The molecule has 2 aromatic rings. The molecule has 0 radical (unpaired) electrons. The van der Waals surface area contributed by atoms with Crippen molar-refractivity contribution in [1.29, 1.82) is 0 Å². The Kier molecular flexibility index (Phi) is 3.74. The Bertz CT molecular complexity index is 622. The number of anilines is 2. The molecule has 0 saturated heterocycles. The van der Waals surface area contributed by atoms with Gasteiger partial charge in [0.2, 0.25) is 0 Å². The second kappa shape index (κ2) is 5.68. The normalized spacial score (nSPS) is 17.2. The maximum Gasteiger partial charge on any atom is 0.143 e. The fourth-order valence-corrected chi connectivity index (χ4v) is 2.72. The predicted molar refractivity (Wildman–Crippen MR) is 87.8 cm³/mol. The van der Waals surface area contributed by atoms with E-state index < -0.39 is 0 Å². The fraction of sp³-hybridized carbons (Fsp3) is 0.333. The highest BCUT2D eigenvalue weighted by molar-refractivity contribution is 5.66. The van der Waals surface area contributed by atoms with Crippen molar-refractivity contribution in [3.63, 3.8) is 0 Å². The van der Waals surface area contributed by atoms with Crippen molar-refractivity contribution in [2.45, 2.75) is 32.9 Å². The second-order valence-corrected chi connectivity index (χ2v) is 5.74. The lowest BCUT2D eigenvalue weighted by molar-refractivity contribution is 0.189. The number of fused-ring (bicyclic) bond motifs is 1. The lowest BCUT2D eigenvalue weighted by atomic mass is 10.1. The van der Waals surface area contributed by atoms with Gasteiger partial charge in [-0.15, -0.1) is 0 Å². The van der Waals surface area contributed by atoms with Crippen molar-refractivity contribution in [2.75, 3.05) is 17.2 Å². The standard InChI is InChI=1S/C18H22N2O/c1-3-16-12-20(11-14-6-4-13(2)5-7-14)17-10-15(19)8-9-18(17)21-16/h4-10,16H,3,11-12,19H2,1-2H3. The summed E-state index contributed by atoms with van der Waals surface area (Å²) >= 11 is 0. The quantitative estimate of drug-likeness (QED) is 0.871. The first-order valence-electron chi connectivity index (χ1n) is 7.52. The maximum atomic E-state index is 6.03. The highest BCUT2D eigenvalue weighted by Crippen LogP contribution is 2.36. The highest BCUT2D eigenvalue weighted by Gasteiger charge is 2.24. The van der Waals surface area contributed by atoms with Gasteiger partial charge < -0.3 is 15.4 Å². The number of benzene rings is 2. The van der Waals surface area contributed by atoms with Gasteiger partial charge >= 0.3 is 0 Å². The number of nitrogens with zero attached hydrogens (tertiary/aromatic N) is 1. The van der Waals surface area contributed by atoms with E-state index in [1.165, 1.54) is 11.1 Å². The average Bonchev–Trinajstić information content (AvgIpc) is 2.49. The van der Waals surface area contributed by atoms with Gasteiger partial charge in [-0.2, -0.15) is 0 Å². The number of ether oxygens (including phenoxy) is 1. The predicted octanol–water partition coefficient (Wildman–Crippen LogP) is 3.75. The molecule has 0 fully saturated rings. The number of nitrogens with two attached hydrogens (primary N) is 1. The van der Waals surface area contributed by atoms with E-state index in [0.29, 0.717) is 0 Å². The molecule has 2 aromatic carbocycles. The van der Waals surface area contributed by atoms with Crippen LogP contribution in [-0.4, -0.2) is 12.6 Å². The van der Waals surface area contributed by atoms with Gasteiger partial charge in [0.1, 0.15) is 11.9 Å². The molecule has 0 saturated carbocycles. The van der Waals surface area contributed by atoms with Crippen LogP contribution in [0.25, 0.3) is 0 Å². The molecule has 1 atom stereocenters. The largest absolute Gasteiger partial charge is 0.486 e. The number of hydrogen-bond donors (Lipinski definition) is 1. The van der Waals surface area contributed by atoms with Crippen LogP contribution >= 0.6 is 0 Å². The zero-order chi connectivity index (χ0) is 14.8. The number of aryl methyl sites for hydroxylation is 1. The van der Waals surface area contributed by atoms with Gasteiger partial charge in [-0.1, -0.05) is 36.8 Å². The minimum Gasteiger partial charge on any atom is -0.486 e. The second-order valence-electron chi connectivity index (χ2n) is 5.74. The SMILES string of the molecule is CCC1CN(Cc2ccc(C)cc2)c2cc(N)ccc2O1. The average molecular weight is 282 g/mol. The molecule has 2 N–H and O–H groups in total. The van der Waals surface area contributed by atoms with E-state index in [2.05, 4.69) is 43.0 Å². The number of nitrogen functional groups attached to an aromatic ring is 1. The van der Waals surface area contributed by atoms with Crippen LogP contribution in [0.1, 0.15) is 24.5 Å². The summed E-state index contributed by atoms with van der Waals surface area (Å²) in [4.78, 5) is 2.37. The van der Waals surface area contributed by atoms with Crippen LogP contribution in [0.15, 0.2) is 42.5 Å². The maximum absolute atomic E-state index is 6.03. The van der Waals surface area contributed by atoms with E-state index in [4.69, 9.17) is 10.5 Å². The molecule has 3 heteroatoms. The number of hydrogen-bond acceptors (Lipinski definition) is 3. The molecule has 0 amide bonds. The lowest BCUT2D eigenvalue weighted by Gasteiger charge is -2.36. The van der Waals surface area contributed by atoms with Crippen LogP contribution in [0.2, 0.25) is 0 Å². The van der Waals surface area contributed by atoms with Gasteiger partial charge in [-0.3, -0.25) is 0 Å². The number of rotatable bonds is 3. The third-order valence-electron chi connectivity index (χ3n) is 3.99. The molecule has 0 bridgehead atoms. The Morgan fingerprint density at radius 3 is 2.67 bits per heavy atom. The van der Waals surface area contributed by atoms with E-state index in [1.54, 1.807) is 0 Å². The molecule has 1 aliphatic heterocycles. The van der Waals surface area contributed by atoms with Gasteiger partial charge in [0, 0.05) is 12.2 Å². The molecule has 1 unspecified atom stereocenters. The van der Waals surface area contributed by atoms with Crippen molar-refractivity contribution in [2.24, 2.45) is 0 Å². The minimum absolute atomic E-state index is 0.242. The summed E-state index contributed by atoms with van der Waals surface area (Å²) in [6.45, 7) is 6.07. The van der Waals surface area contributed by atoms with E-state index in [-0.39, 0.29) is 6.10 Å². The summed E-state index contributed by atoms with van der Waals surface area (Å²) in [5.74, 6) is 0.939. The Morgan fingerprint density at radius 2 is 1.95 bits per heavy atom.